The van der Waals surface area contributed by atoms with Crippen molar-refractivity contribution >= 4 is 39.1 Å². The summed E-state index contributed by atoms with van der Waals surface area (Å²) in [5.41, 5.74) is 7.21. The maximum atomic E-state index is 14.1. The van der Waals surface area contributed by atoms with Crippen molar-refractivity contribution in [1.82, 2.24) is 9.97 Å². The zero-order valence-electron chi connectivity index (χ0n) is 13.0. The maximum absolute atomic E-state index is 14.1. The minimum Gasteiger partial charge on any atom is -0.481 e. The standard InChI is InChI=1S/C15H17F2N3O2S2.ClH/c16-9-3-8-4-10(6-11(8)12(17)5-9)24(23,13(18)7-14(21)22)15-19-1-2-20-15;/h1-3,5,10,13,23H,4,6-7,18H2,(H,19,20)(H,21,22);1H. The first-order chi connectivity index (χ1) is 11.3. The Morgan fingerprint density at radius 1 is 1.48 bits per heavy atom. The number of aliphatic carboxylic acids is 1. The van der Waals surface area contributed by atoms with Crippen LogP contribution < -0.4 is 5.73 Å². The molecule has 1 aliphatic carbocycles. The second-order valence-corrected chi connectivity index (χ2v) is 10.6. The van der Waals surface area contributed by atoms with Gasteiger partial charge < -0.3 is 15.8 Å². The van der Waals surface area contributed by atoms with E-state index in [0.717, 1.165) is 6.07 Å². The van der Waals surface area contributed by atoms with Gasteiger partial charge in [-0.1, -0.05) is 0 Å². The Bertz CT molecular complexity index is 778. The van der Waals surface area contributed by atoms with Crippen molar-refractivity contribution in [3.63, 3.8) is 0 Å². The van der Waals surface area contributed by atoms with Crippen LogP contribution >= 0.6 is 33.1 Å². The molecule has 1 aliphatic rings. The summed E-state index contributed by atoms with van der Waals surface area (Å²) in [6, 6.07) is 2.18. The fourth-order valence-corrected chi connectivity index (χ4v) is 6.95. The van der Waals surface area contributed by atoms with Crippen LogP contribution in [-0.4, -0.2) is 31.7 Å². The second kappa shape index (κ2) is 7.53. The van der Waals surface area contributed by atoms with Crippen LogP contribution in [0.5, 0.6) is 0 Å². The lowest BCUT2D eigenvalue weighted by atomic mass is 10.1. The van der Waals surface area contributed by atoms with Crippen LogP contribution in [0.3, 0.4) is 0 Å². The molecule has 0 saturated carbocycles. The normalized spacial score (nSPS) is 20.9. The van der Waals surface area contributed by atoms with E-state index in [9.17, 15) is 13.6 Å². The first-order valence-corrected chi connectivity index (χ1v) is 10.1. The molecule has 0 bridgehead atoms. The van der Waals surface area contributed by atoms with Crippen molar-refractivity contribution in [2.75, 3.05) is 0 Å². The number of halogens is 3. The lowest BCUT2D eigenvalue weighted by molar-refractivity contribution is -0.136. The molecular weight excluding hydrogens is 392 g/mol. The van der Waals surface area contributed by atoms with Gasteiger partial charge in [-0.25, -0.2) is 13.8 Å². The summed E-state index contributed by atoms with van der Waals surface area (Å²) >= 11 is 4.79. The summed E-state index contributed by atoms with van der Waals surface area (Å²) in [7, 11) is -2.19. The number of H-pyrrole nitrogens is 1. The number of aromatic amines is 1. The van der Waals surface area contributed by atoms with Gasteiger partial charge in [0.1, 0.15) is 11.6 Å². The van der Waals surface area contributed by atoms with Crippen molar-refractivity contribution in [2.24, 2.45) is 5.73 Å². The molecule has 0 radical (unpaired) electrons. The summed E-state index contributed by atoms with van der Waals surface area (Å²) in [6.45, 7) is 0. The Balaban J connectivity index is 0.00000225. The predicted molar refractivity (Wildman–Crippen MR) is 98.5 cm³/mol. The van der Waals surface area contributed by atoms with E-state index in [1.54, 1.807) is 12.4 Å². The zero-order valence-corrected chi connectivity index (χ0v) is 15.5. The van der Waals surface area contributed by atoms with Crippen LogP contribution in [0, 0.1) is 11.6 Å². The second-order valence-electron chi connectivity index (χ2n) is 5.76. The van der Waals surface area contributed by atoms with E-state index in [-0.39, 0.29) is 24.1 Å². The van der Waals surface area contributed by atoms with Crippen molar-refractivity contribution in [2.45, 2.75) is 35.0 Å². The number of hydrogen-bond acceptors (Lipinski definition) is 4. The number of thiol groups is 1. The number of benzene rings is 1. The van der Waals surface area contributed by atoms with E-state index in [4.69, 9.17) is 22.5 Å². The number of aromatic nitrogens is 2. The zero-order chi connectivity index (χ0) is 17.5. The van der Waals surface area contributed by atoms with Crippen LogP contribution in [0.1, 0.15) is 17.5 Å². The fraction of sp³-hybridized carbons (Fsp3) is 0.333. The molecule has 0 amide bonds. The monoisotopic (exact) mass is 409 g/mol. The number of carboxylic acids is 1. The number of imidazole rings is 1. The summed E-state index contributed by atoms with van der Waals surface area (Å²) in [4.78, 5) is 18.3. The summed E-state index contributed by atoms with van der Waals surface area (Å²) < 4.78 is 27.5. The Hall–Kier alpha value is -1.29. The third-order valence-electron chi connectivity index (χ3n) is 4.26. The maximum Gasteiger partial charge on any atom is 0.305 e. The Labute approximate surface area is 155 Å². The van der Waals surface area contributed by atoms with Crippen molar-refractivity contribution in [3.8, 4) is 0 Å². The SMILES string of the molecule is Cl.NC(CC(=O)O)S(S)(c1ncc[nH]1)C1Cc2cc(F)cc(F)c2C1. The molecule has 3 unspecified atom stereocenters. The Kier molecular flexibility index (Phi) is 6.03. The molecule has 5 nitrogen and oxygen atoms in total. The van der Waals surface area contributed by atoms with E-state index in [2.05, 4.69) is 9.97 Å². The highest BCUT2D eigenvalue weighted by molar-refractivity contribution is 8.88. The average molecular weight is 410 g/mol. The number of rotatable bonds is 5. The van der Waals surface area contributed by atoms with E-state index >= 15 is 0 Å². The lowest BCUT2D eigenvalue weighted by Gasteiger charge is -2.42. The van der Waals surface area contributed by atoms with Gasteiger partial charge in [-0.3, -0.25) is 4.79 Å². The van der Waals surface area contributed by atoms with Crippen molar-refractivity contribution in [1.29, 1.82) is 0 Å². The van der Waals surface area contributed by atoms with Gasteiger partial charge in [-0.15, -0.1) is 33.1 Å². The van der Waals surface area contributed by atoms with Crippen LogP contribution in [0.4, 0.5) is 8.78 Å². The van der Waals surface area contributed by atoms with Gasteiger partial charge in [-0.2, -0.15) is 0 Å². The minimum absolute atomic E-state index is 0. The number of hydrogen-bond donors (Lipinski definition) is 4. The smallest absolute Gasteiger partial charge is 0.305 e. The number of nitrogens with one attached hydrogen (secondary N) is 1. The first kappa shape index (κ1) is 20.0. The quantitative estimate of drug-likeness (QED) is 0.451. The third kappa shape index (κ3) is 3.64. The molecule has 3 rings (SSSR count). The topological polar surface area (TPSA) is 92.0 Å². The summed E-state index contributed by atoms with van der Waals surface area (Å²) in [5, 5.41) is 8.62. The van der Waals surface area contributed by atoms with E-state index in [1.807, 2.05) is 0 Å². The van der Waals surface area contributed by atoms with Gasteiger partial charge in [0.15, 0.2) is 5.16 Å². The third-order valence-corrected chi connectivity index (χ3v) is 9.77. The van der Waals surface area contributed by atoms with Crippen LogP contribution in [0.25, 0.3) is 0 Å². The largest absolute Gasteiger partial charge is 0.481 e. The predicted octanol–water partition coefficient (Wildman–Crippen LogP) is 3.04. The van der Waals surface area contributed by atoms with Gasteiger partial charge in [0, 0.05) is 23.7 Å². The molecule has 2 aromatic rings. The molecule has 0 aliphatic heterocycles. The number of nitrogens with two attached hydrogens (primary N) is 1. The molecule has 1 aromatic carbocycles. The molecule has 1 aromatic heterocycles. The highest BCUT2D eigenvalue weighted by atomic mass is 35.5. The van der Waals surface area contributed by atoms with Gasteiger partial charge in [-0.05, 0) is 30.0 Å². The molecule has 1 heterocycles. The van der Waals surface area contributed by atoms with Crippen molar-refractivity contribution in [3.05, 3.63) is 47.3 Å². The minimum atomic E-state index is -2.19. The summed E-state index contributed by atoms with van der Waals surface area (Å²) in [6.07, 6.45) is 3.60. The van der Waals surface area contributed by atoms with Crippen LogP contribution in [0.15, 0.2) is 29.7 Å². The van der Waals surface area contributed by atoms with Crippen molar-refractivity contribution < 1.29 is 18.7 Å². The molecule has 0 fully saturated rings. The summed E-state index contributed by atoms with van der Waals surface area (Å²) in [5.74, 6) is -2.25. The Morgan fingerprint density at radius 2 is 2.20 bits per heavy atom. The number of fused-ring (bicyclic) bond motifs is 1. The molecule has 138 valence electrons. The van der Waals surface area contributed by atoms with Crippen LogP contribution in [0.2, 0.25) is 0 Å². The number of nitrogens with zero attached hydrogens (tertiary/aromatic N) is 1. The number of carbonyl (C=O) groups is 1. The molecule has 3 atom stereocenters. The van der Waals surface area contributed by atoms with E-state index in [1.165, 1.54) is 6.07 Å². The Morgan fingerprint density at radius 3 is 2.80 bits per heavy atom. The van der Waals surface area contributed by atoms with Crippen LogP contribution in [-0.2, 0) is 17.6 Å². The first-order valence-electron chi connectivity index (χ1n) is 7.29. The van der Waals surface area contributed by atoms with E-state index < -0.39 is 32.0 Å². The molecule has 4 N–H and O–H groups in total. The molecule has 10 heteroatoms. The molecule has 0 spiro atoms. The van der Waals surface area contributed by atoms with Gasteiger partial charge in [0.05, 0.1) is 11.8 Å². The highest BCUT2D eigenvalue weighted by Gasteiger charge is 2.44. The molecular formula is C15H18ClF2N3O2S2. The molecule has 25 heavy (non-hydrogen) atoms. The van der Waals surface area contributed by atoms with Gasteiger partial charge in [0.2, 0.25) is 0 Å². The molecule has 0 saturated heterocycles. The lowest BCUT2D eigenvalue weighted by Crippen LogP contribution is -2.35. The number of carboxylic acid groups (broad SMARTS) is 1. The average Bonchev–Trinajstić information content (AvgIpc) is 3.14. The fourth-order valence-electron chi connectivity index (χ4n) is 3.14. The van der Waals surface area contributed by atoms with Gasteiger partial charge in [0.25, 0.3) is 0 Å². The highest BCUT2D eigenvalue weighted by Crippen LogP contribution is 2.67. The van der Waals surface area contributed by atoms with Gasteiger partial charge >= 0.3 is 5.97 Å². The van der Waals surface area contributed by atoms with E-state index in [0.29, 0.717) is 29.1 Å².